The van der Waals surface area contributed by atoms with E-state index < -0.39 is 0 Å². The van der Waals surface area contributed by atoms with Crippen LogP contribution in [0.5, 0.6) is 0 Å². The van der Waals surface area contributed by atoms with Crippen LogP contribution < -0.4 is 5.56 Å². The van der Waals surface area contributed by atoms with Gasteiger partial charge in [-0.1, -0.05) is 12.5 Å². The first-order chi connectivity index (χ1) is 12.5. The molecule has 3 aromatic heterocycles. The van der Waals surface area contributed by atoms with Crippen LogP contribution >= 0.6 is 0 Å². The molecule has 136 valence electrons. The van der Waals surface area contributed by atoms with Gasteiger partial charge in [0.1, 0.15) is 0 Å². The first-order valence-electron chi connectivity index (χ1n) is 9.28. The summed E-state index contributed by atoms with van der Waals surface area (Å²) in [7, 11) is 0. The average molecular weight is 351 g/mol. The maximum atomic E-state index is 12.5. The molecule has 1 saturated heterocycles. The van der Waals surface area contributed by atoms with Crippen molar-refractivity contribution in [3.05, 3.63) is 63.0 Å². The fourth-order valence-electron chi connectivity index (χ4n) is 3.84. The summed E-state index contributed by atoms with van der Waals surface area (Å²) in [5.41, 5.74) is 5.38. The van der Waals surface area contributed by atoms with E-state index in [9.17, 15) is 4.79 Å². The maximum Gasteiger partial charge on any atom is 0.275 e. The molecule has 0 saturated carbocycles. The highest BCUT2D eigenvalue weighted by Crippen LogP contribution is 2.31. The van der Waals surface area contributed by atoms with E-state index in [1.165, 1.54) is 12.8 Å². The second-order valence-electron chi connectivity index (χ2n) is 7.28. The predicted octanol–water partition coefficient (Wildman–Crippen LogP) is 3.07. The summed E-state index contributed by atoms with van der Waals surface area (Å²) in [5.74, 6) is 0. The molecule has 0 aromatic carbocycles. The van der Waals surface area contributed by atoms with E-state index in [0.29, 0.717) is 11.2 Å². The quantitative estimate of drug-likeness (QED) is 0.787. The number of hydrogen-bond acceptors (Lipinski definition) is 4. The van der Waals surface area contributed by atoms with Crippen molar-refractivity contribution >= 4 is 5.65 Å². The molecule has 4 rings (SSSR count). The summed E-state index contributed by atoms with van der Waals surface area (Å²) in [5, 5.41) is 3.31. The van der Waals surface area contributed by atoms with Gasteiger partial charge in [-0.3, -0.25) is 19.8 Å². The highest BCUT2D eigenvalue weighted by Gasteiger charge is 2.26. The number of rotatable bonds is 3. The third kappa shape index (κ3) is 3.05. The SMILES string of the molecule is Cc1cccc(CN2CCCCC2c2cc3nc(C)c(C)c(=O)n3[nH]2)n1. The van der Waals surface area contributed by atoms with E-state index >= 15 is 0 Å². The Morgan fingerprint density at radius 1 is 1.19 bits per heavy atom. The zero-order valence-corrected chi connectivity index (χ0v) is 15.6. The van der Waals surface area contributed by atoms with E-state index in [1.807, 2.05) is 32.9 Å². The molecule has 4 heterocycles. The van der Waals surface area contributed by atoms with Crippen LogP contribution in [-0.4, -0.2) is 31.0 Å². The van der Waals surface area contributed by atoms with Crippen molar-refractivity contribution in [2.45, 2.75) is 52.6 Å². The van der Waals surface area contributed by atoms with Gasteiger partial charge in [-0.05, 0) is 52.3 Å². The lowest BCUT2D eigenvalue weighted by Crippen LogP contribution is -2.33. The molecule has 26 heavy (non-hydrogen) atoms. The lowest BCUT2D eigenvalue weighted by molar-refractivity contribution is 0.135. The molecule has 6 nitrogen and oxygen atoms in total. The summed E-state index contributed by atoms with van der Waals surface area (Å²) in [6.45, 7) is 7.60. The van der Waals surface area contributed by atoms with Crippen LogP contribution in [-0.2, 0) is 6.54 Å². The van der Waals surface area contributed by atoms with Gasteiger partial charge in [0.15, 0.2) is 5.65 Å². The molecule has 6 heteroatoms. The second-order valence-corrected chi connectivity index (χ2v) is 7.28. The Morgan fingerprint density at radius 3 is 2.85 bits per heavy atom. The topological polar surface area (TPSA) is 66.3 Å². The predicted molar refractivity (Wildman–Crippen MR) is 101 cm³/mol. The Morgan fingerprint density at radius 2 is 2.04 bits per heavy atom. The highest BCUT2D eigenvalue weighted by atomic mass is 16.1. The number of piperidine rings is 1. The van der Waals surface area contributed by atoms with Crippen LogP contribution in [0.2, 0.25) is 0 Å². The van der Waals surface area contributed by atoms with Crippen LogP contribution in [0, 0.1) is 20.8 Å². The molecule has 0 bridgehead atoms. The first-order valence-corrected chi connectivity index (χ1v) is 9.28. The van der Waals surface area contributed by atoms with Crippen molar-refractivity contribution in [1.82, 2.24) is 24.5 Å². The van der Waals surface area contributed by atoms with E-state index in [0.717, 1.165) is 42.3 Å². The van der Waals surface area contributed by atoms with Gasteiger partial charge in [0.2, 0.25) is 0 Å². The zero-order valence-electron chi connectivity index (χ0n) is 15.6. The van der Waals surface area contributed by atoms with Crippen molar-refractivity contribution in [2.75, 3.05) is 6.54 Å². The third-order valence-corrected chi connectivity index (χ3v) is 5.39. The minimum Gasteiger partial charge on any atom is -0.292 e. The number of H-pyrrole nitrogens is 1. The molecule has 1 fully saturated rings. The number of nitrogens with one attached hydrogen (secondary N) is 1. The van der Waals surface area contributed by atoms with Gasteiger partial charge in [0, 0.05) is 29.6 Å². The molecular formula is C20H25N5O. The van der Waals surface area contributed by atoms with Crippen molar-refractivity contribution in [3.8, 4) is 0 Å². The van der Waals surface area contributed by atoms with E-state index in [-0.39, 0.29) is 11.6 Å². The molecule has 0 radical (unpaired) electrons. The molecule has 1 atom stereocenters. The van der Waals surface area contributed by atoms with E-state index in [2.05, 4.69) is 32.1 Å². The fraction of sp³-hybridized carbons (Fsp3) is 0.450. The monoisotopic (exact) mass is 351 g/mol. The molecule has 0 aliphatic carbocycles. The van der Waals surface area contributed by atoms with Gasteiger partial charge < -0.3 is 0 Å². The number of fused-ring (bicyclic) bond motifs is 1. The minimum absolute atomic E-state index is 0.0125. The highest BCUT2D eigenvalue weighted by molar-refractivity contribution is 5.42. The molecule has 3 aromatic rings. The van der Waals surface area contributed by atoms with Crippen LogP contribution in [0.25, 0.3) is 5.65 Å². The molecule has 0 amide bonds. The van der Waals surface area contributed by atoms with Gasteiger partial charge in [-0.2, -0.15) is 0 Å². The summed E-state index contributed by atoms with van der Waals surface area (Å²) in [6, 6.07) is 8.46. The first kappa shape index (κ1) is 17.0. The Hall–Kier alpha value is -2.47. The Balaban J connectivity index is 1.69. The van der Waals surface area contributed by atoms with Crippen molar-refractivity contribution in [3.63, 3.8) is 0 Å². The number of pyridine rings is 1. The van der Waals surface area contributed by atoms with E-state index in [4.69, 9.17) is 0 Å². The molecule has 1 aliphatic heterocycles. The number of hydrogen-bond donors (Lipinski definition) is 1. The van der Waals surface area contributed by atoms with Crippen molar-refractivity contribution in [1.29, 1.82) is 0 Å². The molecule has 0 spiro atoms. The number of nitrogens with zero attached hydrogens (tertiary/aromatic N) is 4. The smallest absolute Gasteiger partial charge is 0.275 e. The Labute approximate surface area is 152 Å². The number of likely N-dealkylation sites (tertiary alicyclic amines) is 1. The van der Waals surface area contributed by atoms with Gasteiger partial charge in [0.25, 0.3) is 5.56 Å². The largest absolute Gasteiger partial charge is 0.292 e. The lowest BCUT2D eigenvalue weighted by Gasteiger charge is -2.34. The van der Waals surface area contributed by atoms with Crippen LogP contribution in [0.4, 0.5) is 0 Å². The van der Waals surface area contributed by atoms with Gasteiger partial charge in [-0.15, -0.1) is 0 Å². The molecule has 1 aliphatic rings. The van der Waals surface area contributed by atoms with Crippen LogP contribution in [0.3, 0.4) is 0 Å². The summed E-state index contributed by atoms with van der Waals surface area (Å²) in [4.78, 5) is 24.2. The van der Waals surface area contributed by atoms with Crippen molar-refractivity contribution in [2.24, 2.45) is 0 Å². The number of aryl methyl sites for hydroxylation is 2. The van der Waals surface area contributed by atoms with Gasteiger partial charge >= 0.3 is 0 Å². The standard InChI is InChI=1S/C20H25N5O/c1-13-7-6-8-16(21-13)12-24-10-5-4-9-18(24)17-11-19-22-15(3)14(2)20(26)25(19)23-17/h6-8,11,18,23H,4-5,9-10,12H2,1-3H3. The fourth-order valence-corrected chi connectivity index (χ4v) is 3.84. The van der Waals surface area contributed by atoms with Crippen molar-refractivity contribution < 1.29 is 0 Å². The third-order valence-electron chi connectivity index (χ3n) is 5.39. The second kappa shape index (κ2) is 6.68. The van der Waals surface area contributed by atoms with Crippen LogP contribution in [0.1, 0.15) is 53.6 Å². The van der Waals surface area contributed by atoms with Gasteiger partial charge in [0.05, 0.1) is 17.4 Å². The molecule has 1 unspecified atom stereocenters. The average Bonchev–Trinajstić information content (AvgIpc) is 3.04. The molecule has 1 N–H and O–H groups in total. The normalized spacial score (nSPS) is 18.5. The number of aromatic nitrogens is 4. The lowest BCUT2D eigenvalue weighted by atomic mass is 9.99. The summed E-state index contributed by atoms with van der Waals surface area (Å²) in [6.07, 6.45) is 3.46. The molecular weight excluding hydrogens is 326 g/mol. The number of aromatic amines is 1. The Kier molecular flexibility index (Phi) is 4.36. The van der Waals surface area contributed by atoms with Gasteiger partial charge in [-0.25, -0.2) is 9.50 Å². The summed E-state index contributed by atoms with van der Waals surface area (Å²) >= 11 is 0. The summed E-state index contributed by atoms with van der Waals surface area (Å²) < 4.78 is 1.58. The minimum atomic E-state index is -0.0125. The Bertz CT molecular complexity index is 1000. The zero-order chi connectivity index (χ0) is 18.3. The van der Waals surface area contributed by atoms with Crippen LogP contribution in [0.15, 0.2) is 29.1 Å². The maximum absolute atomic E-state index is 12.5. The van der Waals surface area contributed by atoms with E-state index in [1.54, 1.807) is 4.52 Å².